The topological polar surface area (TPSA) is 29.3 Å². The van der Waals surface area contributed by atoms with Crippen LogP contribution >= 0.6 is 0 Å². The number of nitrogens with two attached hydrogens (primary N) is 1. The molecule has 1 aliphatic heterocycles. The molecular formula is C17H26F2N2. The summed E-state index contributed by atoms with van der Waals surface area (Å²) in [4.78, 5) is 2.37. The van der Waals surface area contributed by atoms with E-state index in [1.54, 1.807) is 19.1 Å². The van der Waals surface area contributed by atoms with Crippen LogP contribution in [0.5, 0.6) is 0 Å². The normalized spacial score (nSPS) is 18.2. The van der Waals surface area contributed by atoms with E-state index in [0.717, 1.165) is 38.8 Å². The van der Waals surface area contributed by atoms with E-state index in [0.29, 0.717) is 11.1 Å². The van der Waals surface area contributed by atoms with Crippen molar-refractivity contribution in [3.05, 3.63) is 34.9 Å². The van der Waals surface area contributed by atoms with E-state index in [9.17, 15) is 8.78 Å². The van der Waals surface area contributed by atoms with E-state index in [1.807, 2.05) is 0 Å². The Labute approximate surface area is 126 Å². The van der Waals surface area contributed by atoms with Gasteiger partial charge in [0, 0.05) is 11.1 Å². The van der Waals surface area contributed by atoms with Crippen LogP contribution in [0.25, 0.3) is 0 Å². The van der Waals surface area contributed by atoms with E-state index in [4.69, 9.17) is 5.73 Å². The monoisotopic (exact) mass is 296 g/mol. The fourth-order valence-electron chi connectivity index (χ4n) is 3.69. The number of benzene rings is 1. The maximum absolute atomic E-state index is 14.3. The van der Waals surface area contributed by atoms with Gasteiger partial charge in [0.15, 0.2) is 11.6 Å². The maximum atomic E-state index is 14.3. The fraction of sp³-hybridized carbons (Fsp3) is 0.647. The van der Waals surface area contributed by atoms with Gasteiger partial charge in [-0.2, -0.15) is 0 Å². The van der Waals surface area contributed by atoms with Crippen LogP contribution in [0.2, 0.25) is 0 Å². The van der Waals surface area contributed by atoms with Crippen LogP contribution in [0.4, 0.5) is 8.78 Å². The van der Waals surface area contributed by atoms with E-state index in [1.165, 1.54) is 0 Å². The Bertz CT molecular complexity index is 492. The highest BCUT2D eigenvalue weighted by Gasteiger charge is 2.42. The van der Waals surface area contributed by atoms with Gasteiger partial charge in [0.25, 0.3) is 0 Å². The summed E-state index contributed by atoms with van der Waals surface area (Å²) in [6.45, 7) is 7.73. The molecule has 1 atom stereocenters. The molecule has 21 heavy (non-hydrogen) atoms. The largest absolute Gasteiger partial charge is 0.322 e. The molecule has 0 radical (unpaired) electrons. The lowest BCUT2D eigenvalue weighted by Crippen LogP contribution is -2.54. The van der Waals surface area contributed by atoms with Crippen LogP contribution in [0.3, 0.4) is 0 Å². The third-order valence-electron chi connectivity index (χ3n) is 5.18. The van der Waals surface area contributed by atoms with Gasteiger partial charge in [-0.3, -0.25) is 4.90 Å². The number of hydrogen-bond donors (Lipinski definition) is 1. The molecule has 1 aromatic rings. The van der Waals surface area contributed by atoms with Gasteiger partial charge in [0.1, 0.15) is 0 Å². The Morgan fingerprint density at radius 1 is 1.14 bits per heavy atom. The molecule has 1 aromatic carbocycles. The molecule has 4 heteroatoms. The number of nitrogens with zero attached hydrogens (tertiary/aromatic N) is 1. The van der Waals surface area contributed by atoms with Crippen molar-refractivity contribution in [2.24, 2.45) is 5.73 Å². The molecule has 0 saturated carbocycles. The summed E-state index contributed by atoms with van der Waals surface area (Å²) in [5.41, 5.74) is 6.78. The van der Waals surface area contributed by atoms with E-state index < -0.39 is 17.7 Å². The lowest BCUT2D eigenvalue weighted by Gasteiger charge is -2.45. The molecule has 2 N–H and O–H groups in total. The predicted octanol–water partition coefficient (Wildman–Crippen LogP) is 3.93. The van der Waals surface area contributed by atoms with Crippen LogP contribution in [0, 0.1) is 18.6 Å². The molecule has 0 aromatic heterocycles. The zero-order chi connectivity index (χ0) is 15.6. The minimum atomic E-state index is -0.784. The Morgan fingerprint density at radius 2 is 1.71 bits per heavy atom. The predicted molar refractivity (Wildman–Crippen MR) is 82.1 cm³/mol. The van der Waals surface area contributed by atoms with Crippen molar-refractivity contribution in [1.82, 2.24) is 4.90 Å². The van der Waals surface area contributed by atoms with Crippen molar-refractivity contribution in [3.8, 4) is 0 Å². The second kappa shape index (κ2) is 6.41. The lowest BCUT2D eigenvalue weighted by molar-refractivity contribution is 0.0751. The third kappa shape index (κ3) is 2.71. The maximum Gasteiger partial charge on any atom is 0.163 e. The summed E-state index contributed by atoms with van der Waals surface area (Å²) < 4.78 is 28.2. The highest BCUT2D eigenvalue weighted by atomic mass is 19.2. The van der Waals surface area contributed by atoms with Gasteiger partial charge in [-0.1, -0.05) is 26.0 Å². The van der Waals surface area contributed by atoms with Crippen molar-refractivity contribution in [1.29, 1.82) is 0 Å². The third-order valence-corrected chi connectivity index (χ3v) is 5.18. The van der Waals surface area contributed by atoms with Crippen molar-refractivity contribution in [2.45, 2.75) is 58.0 Å². The zero-order valence-electron chi connectivity index (χ0n) is 13.3. The zero-order valence-corrected chi connectivity index (χ0v) is 13.3. The highest BCUT2D eigenvalue weighted by Crippen LogP contribution is 2.39. The molecule has 0 aliphatic carbocycles. The van der Waals surface area contributed by atoms with Gasteiger partial charge in [-0.15, -0.1) is 0 Å². The summed E-state index contributed by atoms with van der Waals surface area (Å²) in [7, 11) is 0. The summed E-state index contributed by atoms with van der Waals surface area (Å²) >= 11 is 0. The smallest absolute Gasteiger partial charge is 0.163 e. The van der Waals surface area contributed by atoms with Gasteiger partial charge in [-0.05, 0) is 51.3 Å². The van der Waals surface area contributed by atoms with Crippen LogP contribution < -0.4 is 5.73 Å². The Kier molecular flexibility index (Phi) is 4.99. The van der Waals surface area contributed by atoms with Crippen LogP contribution in [-0.2, 0) is 0 Å². The van der Waals surface area contributed by atoms with E-state index in [2.05, 4.69) is 18.7 Å². The second-order valence-corrected chi connectivity index (χ2v) is 6.08. The number of hydrogen-bond acceptors (Lipinski definition) is 2. The molecule has 0 bridgehead atoms. The van der Waals surface area contributed by atoms with Gasteiger partial charge in [0.2, 0.25) is 0 Å². The standard InChI is InChI=1S/C17H26F2N2/c1-4-17(5-2,21-10-6-7-11-21)16(20)13-9-8-12(3)14(18)15(13)19/h8-9,16H,4-7,10-11,20H2,1-3H3. The quantitative estimate of drug-likeness (QED) is 0.892. The molecule has 0 spiro atoms. The second-order valence-electron chi connectivity index (χ2n) is 6.08. The molecule has 2 rings (SSSR count). The van der Waals surface area contributed by atoms with Crippen molar-refractivity contribution in [3.63, 3.8) is 0 Å². The Hall–Kier alpha value is -1.00. The minimum absolute atomic E-state index is 0.293. The van der Waals surface area contributed by atoms with Gasteiger partial charge in [-0.25, -0.2) is 8.78 Å². The first-order valence-corrected chi connectivity index (χ1v) is 7.93. The van der Waals surface area contributed by atoms with E-state index >= 15 is 0 Å². The molecule has 2 nitrogen and oxygen atoms in total. The molecule has 1 aliphatic rings. The van der Waals surface area contributed by atoms with Crippen LogP contribution in [0.15, 0.2) is 12.1 Å². The van der Waals surface area contributed by atoms with Crippen molar-refractivity contribution in [2.75, 3.05) is 13.1 Å². The summed E-state index contributed by atoms with van der Waals surface area (Å²) in [6, 6.07) is 2.75. The highest BCUT2D eigenvalue weighted by molar-refractivity contribution is 5.30. The van der Waals surface area contributed by atoms with Gasteiger partial charge in [0.05, 0.1) is 6.04 Å². The lowest BCUT2D eigenvalue weighted by atomic mass is 9.79. The van der Waals surface area contributed by atoms with Crippen molar-refractivity contribution >= 4 is 0 Å². The molecule has 0 amide bonds. The summed E-state index contributed by atoms with van der Waals surface area (Å²) in [5, 5.41) is 0. The number of aryl methyl sites for hydroxylation is 1. The van der Waals surface area contributed by atoms with Gasteiger partial charge >= 0.3 is 0 Å². The summed E-state index contributed by atoms with van der Waals surface area (Å²) in [5.74, 6) is -1.56. The molecule has 118 valence electrons. The minimum Gasteiger partial charge on any atom is -0.322 e. The van der Waals surface area contributed by atoms with E-state index in [-0.39, 0.29) is 5.54 Å². The summed E-state index contributed by atoms with van der Waals surface area (Å²) in [6.07, 6.45) is 3.97. The molecule has 1 heterocycles. The van der Waals surface area contributed by atoms with Crippen molar-refractivity contribution < 1.29 is 8.78 Å². The SMILES string of the molecule is CCC(CC)(C(N)c1ccc(C)c(F)c1F)N1CCCC1. The first-order valence-electron chi connectivity index (χ1n) is 7.93. The number of halogens is 2. The first kappa shape index (κ1) is 16.4. The molecule has 1 saturated heterocycles. The fourth-order valence-corrected chi connectivity index (χ4v) is 3.69. The number of likely N-dealkylation sites (tertiary alicyclic amines) is 1. The Morgan fingerprint density at radius 3 is 2.24 bits per heavy atom. The molecule has 1 fully saturated rings. The first-order chi connectivity index (χ1) is 9.97. The van der Waals surface area contributed by atoms with Crippen LogP contribution in [-0.4, -0.2) is 23.5 Å². The van der Waals surface area contributed by atoms with Crippen LogP contribution in [0.1, 0.15) is 56.7 Å². The Balaban J connectivity index is 2.43. The average molecular weight is 296 g/mol. The average Bonchev–Trinajstić information content (AvgIpc) is 3.01. The van der Waals surface area contributed by atoms with Gasteiger partial charge < -0.3 is 5.73 Å². The molecular weight excluding hydrogens is 270 g/mol. The molecule has 1 unspecified atom stereocenters. The number of rotatable bonds is 5.